The van der Waals surface area contributed by atoms with Gasteiger partial charge in [-0.1, -0.05) is 19.2 Å². The van der Waals surface area contributed by atoms with Crippen LogP contribution in [0, 0.1) is 0 Å². The van der Waals surface area contributed by atoms with Crippen LogP contribution >= 0.6 is 0 Å². The zero-order valence-electron chi connectivity index (χ0n) is 12.7. The molecule has 0 N–H and O–H groups in total. The molecule has 128 valence electrons. The molecule has 0 atom stereocenters. The normalized spacial score (nSPS) is 9.83. The van der Waals surface area contributed by atoms with Crippen LogP contribution in [0.15, 0.2) is 52.7 Å². The van der Waals surface area contributed by atoms with Gasteiger partial charge in [0.05, 0.1) is 19.1 Å². The van der Waals surface area contributed by atoms with E-state index in [1.807, 2.05) is 0 Å². The van der Waals surface area contributed by atoms with E-state index in [9.17, 15) is 24.0 Å². The van der Waals surface area contributed by atoms with Gasteiger partial charge in [-0.2, -0.15) is 0 Å². The molecule has 0 aromatic carbocycles. The molecule has 0 radical (unpaired) electrons. The second-order valence-electron chi connectivity index (χ2n) is 4.23. The van der Waals surface area contributed by atoms with Crippen LogP contribution in [0.3, 0.4) is 0 Å². The first-order valence-electron chi connectivity index (χ1n) is 6.53. The summed E-state index contributed by atoms with van der Waals surface area (Å²) in [5.74, 6) is -1.90. The van der Waals surface area contributed by atoms with Crippen molar-refractivity contribution in [3.63, 3.8) is 0 Å². The Morgan fingerprint density at radius 2 is 1.17 bits per heavy atom. The molecule has 1 aromatic rings. The summed E-state index contributed by atoms with van der Waals surface area (Å²) in [5.41, 5.74) is -3.24. The van der Waals surface area contributed by atoms with Gasteiger partial charge in [0.1, 0.15) is 13.1 Å². The van der Waals surface area contributed by atoms with Gasteiger partial charge >= 0.3 is 29.0 Å². The van der Waals surface area contributed by atoms with Crippen LogP contribution in [0.1, 0.15) is 0 Å². The van der Waals surface area contributed by atoms with Gasteiger partial charge in [-0.3, -0.25) is 0 Å². The fourth-order valence-corrected chi connectivity index (χ4v) is 1.76. The van der Waals surface area contributed by atoms with Gasteiger partial charge in [-0.15, -0.1) is 6.58 Å². The number of carbonyl (C=O) groups excluding carboxylic acids is 2. The maximum Gasteiger partial charge on any atom is 0.337 e. The monoisotopic (exact) mass is 337 g/mol. The van der Waals surface area contributed by atoms with E-state index in [1.54, 1.807) is 0 Å². The minimum Gasteiger partial charge on any atom is -0.434 e. The van der Waals surface area contributed by atoms with Crippen molar-refractivity contribution in [2.75, 3.05) is 0 Å². The average molecular weight is 337 g/mol. The van der Waals surface area contributed by atoms with Crippen molar-refractivity contribution < 1.29 is 19.1 Å². The van der Waals surface area contributed by atoms with Crippen molar-refractivity contribution in [1.82, 2.24) is 13.7 Å². The van der Waals surface area contributed by atoms with Crippen molar-refractivity contribution in [1.29, 1.82) is 0 Å². The number of hydrogen-bond acceptors (Lipinski definition) is 7. The Bertz CT molecular complexity index is 794. The molecule has 0 aliphatic rings. The van der Waals surface area contributed by atoms with E-state index in [-0.39, 0.29) is 6.54 Å². The van der Waals surface area contributed by atoms with E-state index in [0.29, 0.717) is 13.7 Å². The van der Waals surface area contributed by atoms with Gasteiger partial charge in [0.15, 0.2) is 0 Å². The van der Waals surface area contributed by atoms with Gasteiger partial charge in [0.25, 0.3) is 0 Å². The minimum absolute atomic E-state index is 0.231. The highest BCUT2D eigenvalue weighted by Crippen LogP contribution is 1.85. The fraction of sp³-hybridized carbons (Fsp3) is 0.214. The molecule has 24 heavy (non-hydrogen) atoms. The van der Waals surface area contributed by atoms with E-state index >= 15 is 0 Å². The molecule has 0 saturated heterocycles. The largest absolute Gasteiger partial charge is 0.434 e. The number of aromatic nitrogens is 3. The first-order chi connectivity index (χ1) is 11.4. The molecular formula is C14H15N3O7. The zero-order chi connectivity index (χ0) is 18.3. The van der Waals surface area contributed by atoms with Crippen LogP contribution in [0.2, 0.25) is 0 Å². The predicted octanol–water partition coefficient (Wildman–Crippen LogP) is -1.27. The highest BCUT2D eigenvalue weighted by Gasteiger charge is 2.19. The van der Waals surface area contributed by atoms with Crippen molar-refractivity contribution >= 4 is 11.9 Å². The Hall–Kier alpha value is -3.43. The summed E-state index contributed by atoms with van der Waals surface area (Å²) in [6, 6.07) is 0. The molecule has 0 amide bonds. The topological polar surface area (TPSA) is 119 Å². The fourth-order valence-electron chi connectivity index (χ4n) is 1.76. The third kappa shape index (κ3) is 4.06. The lowest BCUT2D eigenvalue weighted by Gasteiger charge is -2.11. The second kappa shape index (κ2) is 8.27. The number of ether oxygens (including phenoxy) is 2. The van der Waals surface area contributed by atoms with Crippen LogP contribution in [0.25, 0.3) is 0 Å². The SMILES string of the molecule is C=CCn1c(=O)n(CC(=O)OC=C)c(=O)n(CC(=O)OC=C)c1=O. The quantitative estimate of drug-likeness (QED) is 0.330. The smallest absolute Gasteiger partial charge is 0.337 e. The molecule has 0 bridgehead atoms. The molecule has 10 nitrogen and oxygen atoms in total. The summed E-state index contributed by atoms with van der Waals surface area (Å²) < 4.78 is 10.4. The van der Waals surface area contributed by atoms with Crippen molar-refractivity contribution in [3.8, 4) is 0 Å². The summed E-state index contributed by atoms with van der Waals surface area (Å²) >= 11 is 0. The van der Waals surface area contributed by atoms with E-state index < -0.39 is 42.1 Å². The number of hydrogen-bond donors (Lipinski definition) is 0. The Kier molecular flexibility index (Phi) is 6.41. The number of carbonyl (C=O) groups is 2. The molecule has 0 unspecified atom stereocenters. The lowest BCUT2D eigenvalue weighted by molar-refractivity contribution is -0.139. The predicted molar refractivity (Wildman–Crippen MR) is 82.0 cm³/mol. The molecule has 0 aliphatic carbocycles. The molecule has 1 rings (SSSR count). The maximum atomic E-state index is 12.3. The number of allylic oxidation sites excluding steroid dienone is 1. The third-order valence-electron chi connectivity index (χ3n) is 2.70. The summed E-state index contributed by atoms with van der Waals surface area (Å²) in [7, 11) is 0. The molecule has 1 aromatic heterocycles. The van der Waals surface area contributed by atoms with Gasteiger partial charge in [-0.25, -0.2) is 37.7 Å². The third-order valence-corrected chi connectivity index (χ3v) is 2.70. The van der Waals surface area contributed by atoms with Crippen LogP contribution in [0.5, 0.6) is 0 Å². The van der Waals surface area contributed by atoms with E-state index in [2.05, 4.69) is 29.2 Å². The number of rotatable bonds is 8. The maximum absolute atomic E-state index is 12.3. The standard InChI is InChI=1S/C14H15N3O7/c1-4-7-15-12(20)16(8-10(18)23-5-2)14(22)17(13(15)21)9-11(19)24-6-3/h4-6H,1-3,7-9H2. The summed E-state index contributed by atoms with van der Waals surface area (Å²) in [4.78, 5) is 59.7. The lowest BCUT2D eigenvalue weighted by atomic mass is 10.5. The highest BCUT2D eigenvalue weighted by atomic mass is 16.5. The van der Waals surface area contributed by atoms with Gasteiger partial charge in [-0.05, 0) is 0 Å². The highest BCUT2D eigenvalue weighted by molar-refractivity contribution is 5.70. The summed E-state index contributed by atoms with van der Waals surface area (Å²) in [6.45, 7) is 7.98. The van der Waals surface area contributed by atoms with Gasteiger partial charge in [0.2, 0.25) is 0 Å². The Morgan fingerprint density at radius 3 is 1.50 bits per heavy atom. The first kappa shape index (κ1) is 18.6. The Labute approximate surface area is 135 Å². The molecular weight excluding hydrogens is 322 g/mol. The van der Waals surface area contributed by atoms with Crippen LogP contribution in [0.4, 0.5) is 0 Å². The zero-order valence-corrected chi connectivity index (χ0v) is 12.7. The average Bonchev–Trinajstić information content (AvgIpc) is 2.53. The molecule has 0 saturated carbocycles. The number of nitrogens with zero attached hydrogens (tertiary/aromatic N) is 3. The summed E-state index contributed by atoms with van der Waals surface area (Å²) in [6.07, 6.45) is 2.90. The van der Waals surface area contributed by atoms with Gasteiger partial charge in [0, 0.05) is 0 Å². The summed E-state index contributed by atoms with van der Waals surface area (Å²) in [5, 5.41) is 0. The van der Waals surface area contributed by atoms with Crippen molar-refractivity contribution in [2.24, 2.45) is 0 Å². The van der Waals surface area contributed by atoms with Gasteiger partial charge < -0.3 is 9.47 Å². The molecule has 0 fully saturated rings. The Morgan fingerprint density at radius 1 is 0.792 bits per heavy atom. The second-order valence-corrected chi connectivity index (χ2v) is 4.23. The molecule has 10 heteroatoms. The van der Waals surface area contributed by atoms with Crippen LogP contribution in [-0.4, -0.2) is 25.6 Å². The first-order valence-corrected chi connectivity index (χ1v) is 6.53. The molecule has 0 spiro atoms. The number of esters is 2. The molecule has 1 heterocycles. The van der Waals surface area contributed by atoms with E-state index in [0.717, 1.165) is 12.5 Å². The Balaban J connectivity index is 3.55. The lowest BCUT2D eigenvalue weighted by Crippen LogP contribution is -2.55. The van der Waals surface area contributed by atoms with E-state index in [1.165, 1.54) is 6.08 Å². The van der Waals surface area contributed by atoms with Crippen molar-refractivity contribution in [2.45, 2.75) is 19.6 Å². The van der Waals surface area contributed by atoms with E-state index in [4.69, 9.17) is 0 Å². The van der Waals surface area contributed by atoms with Crippen LogP contribution < -0.4 is 17.1 Å². The minimum atomic E-state index is -1.16. The van der Waals surface area contributed by atoms with Crippen LogP contribution in [-0.2, 0) is 38.7 Å². The molecule has 0 aliphatic heterocycles. The van der Waals surface area contributed by atoms with Crippen molar-refractivity contribution in [3.05, 3.63) is 69.8 Å².